The lowest BCUT2D eigenvalue weighted by atomic mass is 9.77. The fourth-order valence-electron chi connectivity index (χ4n) is 4.70. The van der Waals surface area contributed by atoms with Crippen LogP contribution in [0.25, 0.3) is 11.1 Å². The van der Waals surface area contributed by atoms with Crippen LogP contribution in [0, 0.1) is 42.0 Å². The van der Waals surface area contributed by atoms with Crippen LogP contribution in [0.4, 0.5) is 17.6 Å². The number of hydrogen-bond donors (Lipinski definition) is 0. The molecule has 164 valence electrons. The zero-order valence-corrected chi connectivity index (χ0v) is 18.0. The molecule has 3 rings (SSSR count). The number of benzene rings is 2. The molecule has 0 spiro atoms. The zero-order valence-electron chi connectivity index (χ0n) is 18.0. The van der Waals surface area contributed by atoms with E-state index in [1.165, 1.54) is 69.7 Å². The first-order chi connectivity index (χ1) is 14.4. The maximum absolute atomic E-state index is 14.7. The summed E-state index contributed by atoms with van der Waals surface area (Å²) in [7, 11) is 0. The van der Waals surface area contributed by atoms with E-state index in [0.717, 1.165) is 25.2 Å². The van der Waals surface area contributed by atoms with E-state index in [-0.39, 0.29) is 16.7 Å². The van der Waals surface area contributed by atoms with Gasteiger partial charge in [0.05, 0.1) is 0 Å². The van der Waals surface area contributed by atoms with Gasteiger partial charge in [-0.3, -0.25) is 0 Å². The summed E-state index contributed by atoms with van der Waals surface area (Å²) in [5.74, 6) is -2.84. The Bertz CT molecular complexity index is 851. The lowest BCUT2D eigenvalue weighted by Crippen LogP contribution is -2.15. The van der Waals surface area contributed by atoms with Gasteiger partial charge in [0.15, 0.2) is 23.3 Å². The molecule has 0 saturated heterocycles. The van der Waals surface area contributed by atoms with Gasteiger partial charge in [-0.15, -0.1) is 0 Å². The van der Waals surface area contributed by atoms with Crippen molar-refractivity contribution in [1.82, 2.24) is 0 Å². The molecule has 0 atom stereocenters. The molecule has 0 radical (unpaired) electrons. The molecule has 0 heterocycles. The summed E-state index contributed by atoms with van der Waals surface area (Å²) in [5.41, 5.74) is -0.0363. The molecule has 2 aromatic carbocycles. The van der Waals surface area contributed by atoms with E-state index >= 15 is 0 Å². The Hall–Kier alpha value is -1.84. The van der Waals surface area contributed by atoms with Crippen LogP contribution in [0.3, 0.4) is 0 Å². The highest BCUT2D eigenvalue weighted by atomic mass is 19.2. The van der Waals surface area contributed by atoms with E-state index in [9.17, 15) is 17.6 Å². The molecule has 0 aromatic heterocycles. The van der Waals surface area contributed by atoms with E-state index in [1.807, 2.05) is 0 Å². The van der Waals surface area contributed by atoms with Crippen LogP contribution in [-0.4, -0.2) is 0 Å². The van der Waals surface area contributed by atoms with Gasteiger partial charge in [-0.1, -0.05) is 82.6 Å². The van der Waals surface area contributed by atoms with Crippen LogP contribution in [0.1, 0.15) is 75.8 Å². The first-order valence-electron chi connectivity index (χ1n) is 11.3. The van der Waals surface area contributed by atoms with Crippen LogP contribution in [0.5, 0.6) is 0 Å². The molecular weight excluding hydrogens is 388 g/mol. The van der Waals surface area contributed by atoms with E-state index < -0.39 is 23.3 Å². The van der Waals surface area contributed by atoms with Gasteiger partial charge in [-0.2, -0.15) is 0 Å². The van der Waals surface area contributed by atoms with E-state index in [2.05, 4.69) is 6.92 Å². The first kappa shape index (κ1) is 22.8. The van der Waals surface area contributed by atoms with Crippen molar-refractivity contribution in [1.29, 1.82) is 0 Å². The Morgan fingerprint density at radius 3 is 1.90 bits per heavy atom. The average molecular weight is 421 g/mol. The van der Waals surface area contributed by atoms with Crippen molar-refractivity contribution in [2.24, 2.45) is 11.8 Å². The predicted molar refractivity (Wildman–Crippen MR) is 114 cm³/mol. The molecule has 1 aliphatic carbocycles. The second kappa shape index (κ2) is 10.5. The second-order valence-electron chi connectivity index (χ2n) is 8.88. The number of aryl methyl sites for hydroxylation is 2. The fraction of sp³-hybridized carbons (Fsp3) is 0.538. The van der Waals surface area contributed by atoms with E-state index in [4.69, 9.17) is 0 Å². The van der Waals surface area contributed by atoms with Gasteiger partial charge in [-0.05, 0) is 42.7 Å². The van der Waals surface area contributed by atoms with Gasteiger partial charge in [0.25, 0.3) is 0 Å². The van der Waals surface area contributed by atoms with Crippen molar-refractivity contribution in [3.63, 3.8) is 0 Å². The molecule has 4 heteroatoms. The van der Waals surface area contributed by atoms with Gasteiger partial charge in [0, 0.05) is 11.1 Å². The third-order valence-corrected chi connectivity index (χ3v) is 6.73. The topological polar surface area (TPSA) is 0 Å². The molecule has 0 aliphatic heterocycles. The number of halogens is 4. The van der Waals surface area contributed by atoms with Gasteiger partial charge in [-0.25, -0.2) is 17.6 Å². The molecule has 0 nitrogen and oxygen atoms in total. The van der Waals surface area contributed by atoms with E-state index in [1.54, 1.807) is 0 Å². The minimum atomic E-state index is -1.14. The van der Waals surface area contributed by atoms with Crippen molar-refractivity contribution in [2.45, 2.75) is 78.1 Å². The van der Waals surface area contributed by atoms with Gasteiger partial charge < -0.3 is 0 Å². The maximum Gasteiger partial charge on any atom is 0.167 e. The molecule has 1 aliphatic rings. The second-order valence-corrected chi connectivity index (χ2v) is 8.88. The molecule has 1 fully saturated rings. The summed E-state index contributed by atoms with van der Waals surface area (Å²) in [6.45, 7) is 3.65. The highest BCUT2D eigenvalue weighted by Crippen LogP contribution is 2.35. The number of hydrogen-bond acceptors (Lipinski definition) is 0. The third-order valence-electron chi connectivity index (χ3n) is 6.73. The predicted octanol–water partition coefficient (Wildman–Crippen LogP) is 8.54. The van der Waals surface area contributed by atoms with Crippen molar-refractivity contribution < 1.29 is 17.6 Å². The van der Waals surface area contributed by atoms with Crippen molar-refractivity contribution in [3.8, 4) is 11.1 Å². The quantitative estimate of drug-likeness (QED) is 0.296. The van der Waals surface area contributed by atoms with Gasteiger partial charge in [0.1, 0.15) is 0 Å². The van der Waals surface area contributed by atoms with Crippen LogP contribution in [0.15, 0.2) is 24.3 Å². The third kappa shape index (κ3) is 5.25. The highest BCUT2D eigenvalue weighted by molar-refractivity contribution is 5.66. The average Bonchev–Trinajstić information content (AvgIpc) is 2.75. The van der Waals surface area contributed by atoms with Gasteiger partial charge >= 0.3 is 0 Å². The smallest absolute Gasteiger partial charge is 0.167 e. The summed E-state index contributed by atoms with van der Waals surface area (Å²) < 4.78 is 57.4. The Labute approximate surface area is 177 Å². The van der Waals surface area contributed by atoms with Crippen molar-refractivity contribution >= 4 is 0 Å². The summed E-state index contributed by atoms with van der Waals surface area (Å²) in [6.07, 6.45) is 11.3. The van der Waals surface area contributed by atoms with Crippen LogP contribution in [0.2, 0.25) is 0 Å². The van der Waals surface area contributed by atoms with Gasteiger partial charge in [0.2, 0.25) is 0 Å². The Morgan fingerprint density at radius 1 is 0.700 bits per heavy atom. The summed E-state index contributed by atoms with van der Waals surface area (Å²) >= 11 is 0. The Balaban J connectivity index is 1.61. The fourth-order valence-corrected chi connectivity index (χ4v) is 4.70. The lowest BCUT2D eigenvalue weighted by molar-refractivity contribution is 0.248. The van der Waals surface area contributed by atoms with Crippen molar-refractivity contribution in [2.75, 3.05) is 0 Å². The van der Waals surface area contributed by atoms with Crippen LogP contribution in [-0.2, 0) is 6.42 Å². The lowest BCUT2D eigenvalue weighted by Gasteiger charge is -2.28. The molecule has 2 aromatic rings. The number of unbranched alkanes of at least 4 members (excludes halogenated alkanes) is 2. The molecule has 1 saturated carbocycles. The Morgan fingerprint density at radius 2 is 1.27 bits per heavy atom. The highest BCUT2D eigenvalue weighted by Gasteiger charge is 2.23. The molecule has 0 N–H and O–H groups in total. The molecule has 0 amide bonds. The van der Waals surface area contributed by atoms with Crippen LogP contribution < -0.4 is 0 Å². The summed E-state index contributed by atoms with van der Waals surface area (Å²) in [4.78, 5) is 0. The van der Waals surface area contributed by atoms with Crippen molar-refractivity contribution in [3.05, 3.63) is 58.7 Å². The first-order valence-corrected chi connectivity index (χ1v) is 11.3. The standard InChI is InChI=1S/C26H32F4/c1-3-4-5-6-18-8-10-19(11-9-18)12-13-20-14-16-22(26(30)24(20)28)21-15-7-17(2)23(27)25(21)29/h7,14-16,18-19H,3-6,8-13H2,1-2H3. The molecular formula is C26H32F4. The largest absolute Gasteiger partial charge is 0.203 e. The van der Waals surface area contributed by atoms with Crippen LogP contribution >= 0.6 is 0 Å². The minimum Gasteiger partial charge on any atom is -0.203 e. The normalized spacial score (nSPS) is 19.3. The monoisotopic (exact) mass is 420 g/mol. The summed E-state index contributed by atoms with van der Waals surface area (Å²) in [5, 5.41) is 0. The Kier molecular flexibility index (Phi) is 7.96. The zero-order chi connectivity index (χ0) is 21.7. The minimum absolute atomic E-state index is 0.133. The number of rotatable bonds is 8. The SMILES string of the molecule is CCCCCC1CCC(CCc2ccc(-c3ccc(C)c(F)c3F)c(F)c2F)CC1. The molecule has 0 bridgehead atoms. The molecule has 0 unspecified atom stereocenters. The summed E-state index contributed by atoms with van der Waals surface area (Å²) in [6, 6.07) is 5.55. The maximum atomic E-state index is 14.7. The van der Waals surface area contributed by atoms with E-state index in [0.29, 0.717) is 17.9 Å². The molecule has 30 heavy (non-hydrogen) atoms.